The zero-order valence-corrected chi connectivity index (χ0v) is 13.9. The zero-order valence-electron chi connectivity index (χ0n) is 11.5. The summed E-state index contributed by atoms with van der Waals surface area (Å²) in [5, 5.41) is 5.20. The van der Waals surface area contributed by atoms with E-state index in [1.165, 1.54) is 5.56 Å². The van der Waals surface area contributed by atoms with Crippen molar-refractivity contribution in [3.8, 4) is 0 Å². The molecule has 3 rings (SSSR count). The highest BCUT2D eigenvalue weighted by molar-refractivity contribution is 9.10. The van der Waals surface area contributed by atoms with Gasteiger partial charge in [0.25, 0.3) is 0 Å². The van der Waals surface area contributed by atoms with Crippen LogP contribution in [0.4, 0.5) is 5.69 Å². The van der Waals surface area contributed by atoms with E-state index >= 15 is 0 Å². The molecule has 0 saturated carbocycles. The second-order valence-electron chi connectivity index (χ2n) is 4.92. The van der Waals surface area contributed by atoms with Gasteiger partial charge >= 0.3 is 0 Å². The van der Waals surface area contributed by atoms with Gasteiger partial charge in [-0.15, -0.1) is 0 Å². The Kier molecular flexibility index (Phi) is 4.13. The zero-order chi connectivity index (χ0) is 14.8. The minimum absolute atomic E-state index is 0.710. The van der Waals surface area contributed by atoms with Gasteiger partial charge in [0.15, 0.2) is 0 Å². The topological polar surface area (TPSA) is 24.9 Å². The largest absolute Gasteiger partial charge is 0.381 e. The first-order valence-electron chi connectivity index (χ1n) is 6.67. The highest BCUT2D eigenvalue weighted by Gasteiger charge is 2.06. The third kappa shape index (κ3) is 3.04. The molecule has 0 atom stereocenters. The number of hydrogen-bond donors (Lipinski definition) is 1. The molecule has 2 aromatic carbocycles. The van der Waals surface area contributed by atoms with Gasteiger partial charge in [-0.3, -0.25) is 4.98 Å². The number of anilines is 1. The van der Waals surface area contributed by atoms with Crippen molar-refractivity contribution in [2.45, 2.75) is 13.5 Å². The summed E-state index contributed by atoms with van der Waals surface area (Å²) in [6.45, 7) is 2.80. The number of fused-ring (bicyclic) bond motifs is 1. The summed E-state index contributed by atoms with van der Waals surface area (Å²) >= 11 is 9.73. The monoisotopic (exact) mass is 360 g/mol. The molecular weight excluding hydrogens is 348 g/mol. The van der Waals surface area contributed by atoms with Crippen LogP contribution >= 0.6 is 27.5 Å². The second kappa shape index (κ2) is 6.04. The van der Waals surface area contributed by atoms with E-state index < -0.39 is 0 Å². The maximum atomic E-state index is 6.23. The summed E-state index contributed by atoms with van der Waals surface area (Å²) in [4.78, 5) is 4.46. The van der Waals surface area contributed by atoms with Crippen molar-refractivity contribution in [1.29, 1.82) is 0 Å². The summed E-state index contributed by atoms with van der Waals surface area (Å²) in [7, 11) is 0. The number of benzene rings is 2. The van der Waals surface area contributed by atoms with Crippen molar-refractivity contribution in [1.82, 2.24) is 4.98 Å². The first kappa shape index (κ1) is 14.4. The van der Waals surface area contributed by atoms with Crippen LogP contribution in [0, 0.1) is 6.92 Å². The summed E-state index contributed by atoms with van der Waals surface area (Å²) < 4.78 is 1.06. The summed E-state index contributed by atoms with van der Waals surface area (Å²) in [5.74, 6) is 0. The van der Waals surface area contributed by atoms with E-state index in [-0.39, 0.29) is 0 Å². The molecule has 1 heterocycles. The molecule has 0 bridgehead atoms. The lowest BCUT2D eigenvalue weighted by molar-refractivity contribution is 1.14. The Labute approximate surface area is 137 Å². The Bertz CT molecular complexity index is 802. The number of hydrogen-bond acceptors (Lipinski definition) is 2. The molecule has 3 aromatic rings. The molecule has 0 aliphatic carbocycles. The van der Waals surface area contributed by atoms with Gasteiger partial charge in [0, 0.05) is 33.3 Å². The Balaban J connectivity index is 1.92. The fourth-order valence-corrected chi connectivity index (χ4v) is 2.89. The van der Waals surface area contributed by atoms with Crippen molar-refractivity contribution in [3.05, 3.63) is 69.3 Å². The maximum absolute atomic E-state index is 6.23. The minimum Gasteiger partial charge on any atom is -0.381 e. The summed E-state index contributed by atoms with van der Waals surface area (Å²) in [6.07, 6.45) is 1.80. The molecule has 4 heteroatoms. The first-order chi connectivity index (χ1) is 10.1. The lowest BCUT2D eigenvalue weighted by Gasteiger charge is -2.12. The van der Waals surface area contributed by atoms with E-state index in [0.717, 1.165) is 31.6 Å². The van der Waals surface area contributed by atoms with Crippen molar-refractivity contribution in [2.24, 2.45) is 0 Å². The van der Waals surface area contributed by atoms with Crippen LogP contribution in [0.25, 0.3) is 10.9 Å². The van der Waals surface area contributed by atoms with Gasteiger partial charge in [0.2, 0.25) is 0 Å². The Morgan fingerprint density at radius 2 is 2.05 bits per heavy atom. The average molecular weight is 362 g/mol. The van der Waals surface area contributed by atoms with Crippen LogP contribution in [0.15, 0.2) is 53.1 Å². The van der Waals surface area contributed by atoms with Crippen LogP contribution in [0.1, 0.15) is 11.1 Å². The number of rotatable bonds is 3. The molecular formula is C17H14BrClN2. The van der Waals surface area contributed by atoms with Crippen LogP contribution in [-0.2, 0) is 6.54 Å². The molecule has 0 fully saturated rings. The number of pyridine rings is 1. The van der Waals surface area contributed by atoms with Gasteiger partial charge in [0.1, 0.15) is 0 Å². The Hall–Kier alpha value is -1.58. The Morgan fingerprint density at radius 3 is 2.90 bits per heavy atom. The van der Waals surface area contributed by atoms with Crippen LogP contribution in [0.3, 0.4) is 0 Å². The molecule has 1 N–H and O–H groups in total. The van der Waals surface area contributed by atoms with E-state index in [1.807, 2.05) is 30.3 Å². The SMILES string of the molecule is Cc1ccc(Br)cc1NCc1ccc(Cl)c2cccnc12. The highest BCUT2D eigenvalue weighted by Crippen LogP contribution is 2.26. The molecule has 0 amide bonds. The lowest BCUT2D eigenvalue weighted by atomic mass is 10.1. The fourth-order valence-electron chi connectivity index (χ4n) is 2.31. The van der Waals surface area contributed by atoms with Gasteiger partial charge in [-0.25, -0.2) is 0 Å². The molecule has 21 heavy (non-hydrogen) atoms. The normalized spacial score (nSPS) is 10.8. The van der Waals surface area contributed by atoms with Crippen molar-refractivity contribution in [2.75, 3.05) is 5.32 Å². The molecule has 0 spiro atoms. The number of nitrogens with zero attached hydrogens (tertiary/aromatic N) is 1. The van der Waals surface area contributed by atoms with Crippen LogP contribution in [0.2, 0.25) is 5.02 Å². The lowest BCUT2D eigenvalue weighted by Crippen LogP contribution is -2.02. The predicted molar refractivity (Wildman–Crippen MR) is 93.0 cm³/mol. The van der Waals surface area contributed by atoms with Crippen LogP contribution in [0.5, 0.6) is 0 Å². The molecule has 2 nitrogen and oxygen atoms in total. The van der Waals surface area contributed by atoms with Crippen molar-refractivity contribution >= 4 is 44.1 Å². The second-order valence-corrected chi connectivity index (χ2v) is 6.24. The smallest absolute Gasteiger partial charge is 0.0766 e. The molecule has 1 aromatic heterocycles. The standard InChI is InChI=1S/C17H14BrClN2/c1-11-4-6-13(18)9-16(11)21-10-12-5-7-15(19)14-3-2-8-20-17(12)14/h2-9,21H,10H2,1H3. The number of aryl methyl sites for hydroxylation is 1. The maximum Gasteiger partial charge on any atom is 0.0766 e. The van der Waals surface area contributed by atoms with E-state index in [1.54, 1.807) is 6.20 Å². The van der Waals surface area contributed by atoms with E-state index in [2.05, 4.69) is 45.3 Å². The highest BCUT2D eigenvalue weighted by atomic mass is 79.9. The number of nitrogens with one attached hydrogen (secondary N) is 1. The number of aromatic nitrogens is 1. The van der Waals surface area contributed by atoms with E-state index in [9.17, 15) is 0 Å². The summed E-state index contributed by atoms with van der Waals surface area (Å²) in [6, 6.07) is 14.1. The fraction of sp³-hybridized carbons (Fsp3) is 0.118. The van der Waals surface area contributed by atoms with Gasteiger partial charge in [-0.05, 0) is 48.4 Å². The van der Waals surface area contributed by atoms with E-state index in [0.29, 0.717) is 6.54 Å². The third-order valence-corrected chi connectivity index (χ3v) is 4.29. The van der Waals surface area contributed by atoms with Gasteiger partial charge < -0.3 is 5.32 Å². The van der Waals surface area contributed by atoms with Crippen LogP contribution in [-0.4, -0.2) is 4.98 Å². The molecule has 0 aliphatic rings. The van der Waals surface area contributed by atoms with Gasteiger partial charge in [-0.2, -0.15) is 0 Å². The Morgan fingerprint density at radius 1 is 1.19 bits per heavy atom. The molecule has 0 saturated heterocycles. The molecule has 0 unspecified atom stereocenters. The third-order valence-electron chi connectivity index (χ3n) is 3.47. The van der Waals surface area contributed by atoms with Gasteiger partial charge in [-0.1, -0.05) is 39.7 Å². The molecule has 106 valence electrons. The number of halogens is 2. The quantitative estimate of drug-likeness (QED) is 0.659. The molecule has 0 aliphatic heterocycles. The van der Waals surface area contributed by atoms with Crippen LogP contribution < -0.4 is 5.32 Å². The average Bonchev–Trinajstić information content (AvgIpc) is 2.50. The molecule has 0 radical (unpaired) electrons. The first-order valence-corrected chi connectivity index (χ1v) is 7.84. The van der Waals surface area contributed by atoms with Crippen molar-refractivity contribution in [3.63, 3.8) is 0 Å². The van der Waals surface area contributed by atoms with Crippen molar-refractivity contribution < 1.29 is 0 Å². The predicted octanol–water partition coefficient (Wildman–Crippen LogP) is 5.57. The van der Waals surface area contributed by atoms with E-state index in [4.69, 9.17) is 11.6 Å². The van der Waals surface area contributed by atoms with Gasteiger partial charge in [0.05, 0.1) is 5.52 Å². The summed E-state index contributed by atoms with van der Waals surface area (Å²) in [5.41, 5.74) is 4.41. The minimum atomic E-state index is 0.710.